The van der Waals surface area contributed by atoms with Crippen LogP contribution in [0.5, 0.6) is 5.75 Å². The minimum atomic E-state index is -1.45. The van der Waals surface area contributed by atoms with Gasteiger partial charge in [-0.15, -0.1) is 0 Å². The summed E-state index contributed by atoms with van der Waals surface area (Å²) in [6.45, 7) is 5.36. The number of ether oxygens (including phenoxy) is 2. The van der Waals surface area contributed by atoms with Crippen LogP contribution in [0.4, 0.5) is 19.4 Å². The number of pyridine rings is 1. The molecule has 1 aliphatic carbocycles. The Morgan fingerprint density at radius 3 is 2.53 bits per heavy atom. The van der Waals surface area contributed by atoms with Gasteiger partial charge in [0.15, 0.2) is 6.17 Å². The van der Waals surface area contributed by atoms with E-state index in [0.29, 0.717) is 11.1 Å². The lowest BCUT2D eigenvalue weighted by Gasteiger charge is -2.35. The van der Waals surface area contributed by atoms with Crippen molar-refractivity contribution >= 4 is 17.8 Å². The van der Waals surface area contributed by atoms with Crippen LogP contribution in [0.25, 0.3) is 11.1 Å². The number of anilines is 1. The SMILES string of the molecule is CC(C)(C)OC(=O)N1CC[C@H](Oc2ccc(-c3ccnc(NC(=O)[C@H]4C[C@H]4F)c3)cc2C#N)[C@H](F)C1. The molecule has 2 amide bonds. The zero-order valence-corrected chi connectivity index (χ0v) is 20.3. The molecule has 1 saturated heterocycles. The van der Waals surface area contributed by atoms with Crippen LogP contribution < -0.4 is 10.1 Å². The average molecular weight is 499 g/mol. The van der Waals surface area contributed by atoms with Gasteiger partial charge in [-0.3, -0.25) is 4.79 Å². The van der Waals surface area contributed by atoms with Crippen molar-refractivity contribution in [3.8, 4) is 22.9 Å². The molecule has 1 saturated carbocycles. The lowest BCUT2D eigenvalue weighted by molar-refractivity contribution is -0.117. The number of nitrogens with zero attached hydrogens (tertiary/aromatic N) is 3. The number of nitriles is 1. The third-order valence-corrected chi connectivity index (χ3v) is 5.91. The average Bonchev–Trinajstić information content (AvgIpc) is 3.56. The molecule has 8 nitrogen and oxygen atoms in total. The number of nitrogens with one attached hydrogen (secondary N) is 1. The minimum absolute atomic E-state index is 0.158. The zero-order chi connectivity index (χ0) is 26.0. The predicted molar refractivity (Wildman–Crippen MR) is 128 cm³/mol. The number of rotatable bonds is 5. The number of aromatic nitrogens is 1. The molecule has 2 aliphatic rings. The largest absolute Gasteiger partial charge is 0.486 e. The molecule has 0 spiro atoms. The van der Waals surface area contributed by atoms with E-state index in [9.17, 15) is 23.6 Å². The van der Waals surface area contributed by atoms with Gasteiger partial charge >= 0.3 is 6.09 Å². The molecule has 0 unspecified atom stereocenters. The van der Waals surface area contributed by atoms with Crippen molar-refractivity contribution in [1.29, 1.82) is 5.26 Å². The first-order valence-corrected chi connectivity index (χ1v) is 11.8. The normalized spacial score (nSPS) is 23.4. The molecule has 2 fully saturated rings. The van der Waals surface area contributed by atoms with Crippen molar-refractivity contribution in [2.45, 2.75) is 57.7 Å². The van der Waals surface area contributed by atoms with E-state index in [1.54, 1.807) is 51.1 Å². The van der Waals surface area contributed by atoms with Gasteiger partial charge in [0.2, 0.25) is 5.91 Å². The summed E-state index contributed by atoms with van der Waals surface area (Å²) in [5.41, 5.74) is 0.901. The van der Waals surface area contributed by atoms with Crippen LogP contribution in [0, 0.1) is 17.2 Å². The Bertz CT molecular complexity index is 1190. The maximum atomic E-state index is 14.9. The van der Waals surface area contributed by atoms with Crippen LogP contribution >= 0.6 is 0 Å². The number of halogens is 2. The van der Waals surface area contributed by atoms with E-state index in [4.69, 9.17) is 9.47 Å². The molecule has 10 heteroatoms. The molecule has 1 aliphatic heterocycles. The molecule has 0 radical (unpaired) electrons. The van der Waals surface area contributed by atoms with Crippen LogP contribution in [-0.2, 0) is 9.53 Å². The molecular formula is C26H28F2N4O4. The minimum Gasteiger partial charge on any atom is -0.486 e. The zero-order valence-electron chi connectivity index (χ0n) is 20.3. The van der Waals surface area contributed by atoms with Crippen molar-refractivity contribution in [1.82, 2.24) is 9.88 Å². The highest BCUT2D eigenvalue weighted by Crippen LogP contribution is 2.35. The standard InChI is InChI=1S/C26H28F2N4O4/c1-26(2,3)36-25(34)32-9-7-22(20(28)14-32)35-21-5-4-15(10-17(21)13-29)16-6-8-30-23(11-16)31-24(33)18-12-19(18)27/h4-6,8,10-11,18-20,22H,7,9,12,14H2,1-3H3,(H,30,31,33)/t18-,19+,20+,22-/m0/s1. The quantitative estimate of drug-likeness (QED) is 0.644. The van der Waals surface area contributed by atoms with E-state index < -0.39 is 42.0 Å². The van der Waals surface area contributed by atoms with Crippen LogP contribution in [0.15, 0.2) is 36.5 Å². The Morgan fingerprint density at radius 1 is 1.17 bits per heavy atom. The Morgan fingerprint density at radius 2 is 1.89 bits per heavy atom. The van der Waals surface area contributed by atoms with Gasteiger partial charge < -0.3 is 19.7 Å². The second-order valence-corrected chi connectivity index (χ2v) is 9.99. The van der Waals surface area contributed by atoms with Crippen molar-refractivity contribution in [2.24, 2.45) is 5.92 Å². The first-order valence-electron chi connectivity index (χ1n) is 11.8. The van der Waals surface area contributed by atoms with E-state index in [2.05, 4.69) is 16.4 Å². The molecule has 1 aromatic carbocycles. The van der Waals surface area contributed by atoms with Crippen LogP contribution in [0.3, 0.4) is 0 Å². The van der Waals surface area contributed by atoms with Gasteiger partial charge in [-0.1, -0.05) is 6.07 Å². The number of alkyl halides is 2. The maximum Gasteiger partial charge on any atom is 0.410 e. The first kappa shape index (κ1) is 25.4. The third-order valence-electron chi connectivity index (χ3n) is 5.91. The summed E-state index contributed by atoms with van der Waals surface area (Å²) in [6.07, 6.45) is -1.95. The molecule has 4 rings (SSSR count). The van der Waals surface area contributed by atoms with Crippen molar-refractivity contribution in [2.75, 3.05) is 18.4 Å². The van der Waals surface area contributed by atoms with Gasteiger partial charge in [0.05, 0.1) is 18.0 Å². The topological polar surface area (TPSA) is 105 Å². The Labute approximate surface area is 208 Å². The van der Waals surface area contributed by atoms with Crippen molar-refractivity contribution in [3.05, 3.63) is 42.1 Å². The fraction of sp³-hybridized carbons (Fsp3) is 0.462. The predicted octanol–water partition coefficient (Wildman–Crippen LogP) is 4.64. The molecule has 2 aromatic rings. The Hall–Kier alpha value is -3.74. The van der Waals surface area contributed by atoms with Gasteiger partial charge in [0.25, 0.3) is 0 Å². The number of piperidine rings is 1. The van der Waals surface area contributed by atoms with Crippen LogP contribution in [0.2, 0.25) is 0 Å². The van der Waals surface area contributed by atoms with Gasteiger partial charge in [-0.2, -0.15) is 5.26 Å². The third kappa shape index (κ3) is 6.08. The summed E-state index contributed by atoms with van der Waals surface area (Å²) in [6, 6.07) is 10.4. The number of carbonyl (C=O) groups excluding carboxylic acids is 2. The molecule has 190 valence electrons. The van der Waals surface area contributed by atoms with Crippen molar-refractivity contribution < 1.29 is 27.8 Å². The maximum absolute atomic E-state index is 14.9. The lowest BCUT2D eigenvalue weighted by atomic mass is 10.0. The number of hydrogen-bond acceptors (Lipinski definition) is 6. The summed E-state index contributed by atoms with van der Waals surface area (Å²) in [7, 11) is 0. The molecule has 1 N–H and O–H groups in total. The molecule has 2 heterocycles. The number of hydrogen-bond donors (Lipinski definition) is 1. The second kappa shape index (κ2) is 10.1. The summed E-state index contributed by atoms with van der Waals surface area (Å²) in [5, 5.41) is 12.3. The van der Waals surface area contributed by atoms with Gasteiger partial charge in [-0.05, 0) is 62.6 Å². The van der Waals surface area contributed by atoms with E-state index in [0.717, 1.165) is 0 Å². The molecule has 4 atom stereocenters. The van der Waals surface area contributed by atoms with Crippen LogP contribution in [-0.4, -0.2) is 59.0 Å². The molecule has 0 bridgehead atoms. The van der Waals surface area contributed by atoms with E-state index in [1.807, 2.05) is 0 Å². The van der Waals surface area contributed by atoms with Crippen LogP contribution in [0.1, 0.15) is 39.2 Å². The summed E-state index contributed by atoms with van der Waals surface area (Å²) in [5.74, 6) is -0.517. The highest BCUT2D eigenvalue weighted by Gasteiger charge is 2.43. The summed E-state index contributed by atoms with van der Waals surface area (Å²) < 4.78 is 39.2. The molecule has 36 heavy (non-hydrogen) atoms. The number of carbonyl (C=O) groups is 2. The van der Waals surface area contributed by atoms with E-state index in [-0.39, 0.29) is 43.1 Å². The van der Waals surface area contributed by atoms with E-state index in [1.165, 1.54) is 11.1 Å². The highest BCUT2D eigenvalue weighted by atomic mass is 19.1. The number of benzene rings is 1. The summed E-state index contributed by atoms with van der Waals surface area (Å²) in [4.78, 5) is 29.7. The highest BCUT2D eigenvalue weighted by molar-refractivity contribution is 5.94. The van der Waals surface area contributed by atoms with Crippen molar-refractivity contribution in [3.63, 3.8) is 0 Å². The molecule has 1 aromatic heterocycles. The Balaban J connectivity index is 1.42. The number of amides is 2. The summed E-state index contributed by atoms with van der Waals surface area (Å²) >= 11 is 0. The van der Waals surface area contributed by atoms with E-state index >= 15 is 0 Å². The fourth-order valence-corrected chi connectivity index (χ4v) is 3.90. The molecular weight excluding hydrogens is 470 g/mol. The van der Waals surface area contributed by atoms with Gasteiger partial charge in [-0.25, -0.2) is 18.6 Å². The van der Waals surface area contributed by atoms with Gasteiger partial charge in [0, 0.05) is 19.2 Å². The lowest BCUT2D eigenvalue weighted by Crippen LogP contribution is -2.50. The monoisotopic (exact) mass is 498 g/mol. The van der Waals surface area contributed by atoms with Gasteiger partial charge in [0.1, 0.15) is 35.5 Å². The first-order chi connectivity index (χ1) is 17.0. The number of likely N-dealkylation sites (tertiary alicyclic amines) is 1. The smallest absolute Gasteiger partial charge is 0.410 e. The Kier molecular flexibility index (Phi) is 7.11. The second-order valence-electron chi connectivity index (χ2n) is 9.99. The fourth-order valence-electron chi connectivity index (χ4n) is 3.90.